The number of amides is 1. The highest BCUT2D eigenvalue weighted by Crippen LogP contribution is 2.27. The minimum Gasteiger partial charge on any atom is -0.337 e. The van der Waals surface area contributed by atoms with E-state index in [0.29, 0.717) is 12.2 Å². The van der Waals surface area contributed by atoms with Gasteiger partial charge in [-0.05, 0) is 36.6 Å². The van der Waals surface area contributed by atoms with E-state index >= 15 is 0 Å². The zero-order valence-corrected chi connectivity index (χ0v) is 14.4. The molecule has 3 aromatic heterocycles. The molecule has 0 aliphatic carbocycles. The SMILES string of the molecule is O=C(c1cccnn1)N1CCC[C@@H](c2nccn2Cc2cccnc2)C1. The van der Waals surface area contributed by atoms with E-state index in [-0.39, 0.29) is 11.8 Å². The highest BCUT2D eigenvalue weighted by molar-refractivity contribution is 5.92. The fraction of sp³-hybridized carbons (Fsp3) is 0.316. The minimum atomic E-state index is -0.0619. The quantitative estimate of drug-likeness (QED) is 0.722. The molecule has 0 unspecified atom stereocenters. The lowest BCUT2D eigenvalue weighted by atomic mass is 9.96. The number of imidazole rings is 1. The van der Waals surface area contributed by atoms with Crippen LogP contribution in [0.3, 0.4) is 0 Å². The predicted molar refractivity (Wildman–Crippen MR) is 95.5 cm³/mol. The fourth-order valence-corrected chi connectivity index (χ4v) is 3.45. The van der Waals surface area contributed by atoms with Crippen molar-refractivity contribution in [1.29, 1.82) is 0 Å². The molecular formula is C19H20N6O. The van der Waals surface area contributed by atoms with Gasteiger partial charge in [-0.2, -0.15) is 5.10 Å². The fourth-order valence-electron chi connectivity index (χ4n) is 3.45. The summed E-state index contributed by atoms with van der Waals surface area (Å²) in [5, 5.41) is 7.76. The molecule has 0 bridgehead atoms. The van der Waals surface area contributed by atoms with Crippen LogP contribution >= 0.6 is 0 Å². The first kappa shape index (κ1) is 16.4. The number of aromatic nitrogens is 5. The van der Waals surface area contributed by atoms with Crippen molar-refractivity contribution in [2.75, 3.05) is 13.1 Å². The second kappa shape index (κ2) is 7.43. The molecular weight excluding hydrogens is 328 g/mol. The summed E-state index contributed by atoms with van der Waals surface area (Å²) < 4.78 is 2.15. The third kappa shape index (κ3) is 3.46. The Kier molecular flexibility index (Phi) is 4.68. The van der Waals surface area contributed by atoms with Gasteiger partial charge in [0.2, 0.25) is 0 Å². The molecule has 7 heteroatoms. The Hall–Kier alpha value is -3.09. The van der Waals surface area contributed by atoms with Crippen LogP contribution in [0.1, 0.15) is 40.6 Å². The maximum atomic E-state index is 12.7. The van der Waals surface area contributed by atoms with Gasteiger partial charge in [-0.3, -0.25) is 9.78 Å². The molecule has 0 radical (unpaired) electrons. The largest absolute Gasteiger partial charge is 0.337 e. The molecule has 7 nitrogen and oxygen atoms in total. The van der Waals surface area contributed by atoms with Gasteiger partial charge in [0.25, 0.3) is 5.91 Å². The summed E-state index contributed by atoms with van der Waals surface area (Å²) >= 11 is 0. The highest BCUT2D eigenvalue weighted by atomic mass is 16.2. The number of pyridine rings is 1. The third-order valence-electron chi connectivity index (χ3n) is 4.69. The van der Waals surface area contributed by atoms with Crippen molar-refractivity contribution in [2.45, 2.75) is 25.3 Å². The van der Waals surface area contributed by atoms with E-state index in [4.69, 9.17) is 0 Å². The van der Waals surface area contributed by atoms with E-state index in [1.807, 2.05) is 29.6 Å². The molecule has 4 rings (SSSR count). The van der Waals surface area contributed by atoms with Crippen LogP contribution in [0.2, 0.25) is 0 Å². The molecule has 0 aromatic carbocycles. The first-order valence-electron chi connectivity index (χ1n) is 8.78. The second-order valence-corrected chi connectivity index (χ2v) is 6.47. The number of carbonyl (C=O) groups is 1. The maximum Gasteiger partial charge on any atom is 0.274 e. The molecule has 4 heterocycles. The minimum absolute atomic E-state index is 0.0619. The number of hydrogen-bond donors (Lipinski definition) is 0. The lowest BCUT2D eigenvalue weighted by Gasteiger charge is -2.32. The first-order chi connectivity index (χ1) is 12.8. The summed E-state index contributed by atoms with van der Waals surface area (Å²) in [6.07, 6.45) is 11.0. The predicted octanol–water partition coefficient (Wildman–Crippen LogP) is 2.14. The van der Waals surface area contributed by atoms with Gasteiger partial charge < -0.3 is 9.47 Å². The summed E-state index contributed by atoms with van der Waals surface area (Å²) in [7, 11) is 0. The van der Waals surface area contributed by atoms with Gasteiger partial charge in [0.05, 0.1) is 6.54 Å². The van der Waals surface area contributed by atoms with Gasteiger partial charge in [0.15, 0.2) is 5.69 Å². The lowest BCUT2D eigenvalue weighted by Crippen LogP contribution is -2.40. The number of nitrogens with zero attached hydrogens (tertiary/aromatic N) is 6. The van der Waals surface area contributed by atoms with Crippen molar-refractivity contribution in [3.63, 3.8) is 0 Å². The molecule has 3 aromatic rings. The van der Waals surface area contributed by atoms with E-state index in [1.165, 1.54) is 0 Å². The van der Waals surface area contributed by atoms with E-state index in [1.54, 1.807) is 24.5 Å². The number of carbonyl (C=O) groups excluding carboxylic acids is 1. The van der Waals surface area contributed by atoms with Crippen LogP contribution in [0.5, 0.6) is 0 Å². The Morgan fingerprint density at radius 3 is 2.92 bits per heavy atom. The molecule has 0 N–H and O–H groups in total. The molecule has 132 valence electrons. The molecule has 26 heavy (non-hydrogen) atoms. The van der Waals surface area contributed by atoms with Crippen LogP contribution in [0, 0.1) is 0 Å². The van der Waals surface area contributed by atoms with Crippen molar-refractivity contribution < 1.29 is 4.79 Å². The van der Waals surface area contributed by atoms with Crippen molar-refractivity contribution in [3.8, 4) is 0 Å². The third-order valence-corrected chi connectivity index (χ3v) is 4.69. The van der Waals surface area contributed by atoms with E-state index in [0.717, 1.165) is 37.3 Å². The summed E-state index contributed by atoms with van der Waals surface area (Å²) in [6, 6.07) is 7.44. The average Bonchev–Trinajstić information content (AvgIpc) is 3.17. The summed E-state index contributed by atoms with van der Waals surface area (Å²) in [5.41, 5.74) is 1.53. The number of hydrogen-bond acceptors (Lipinski definition) is 5. The van der Waals surface area contributed by atoms with Crippen molar-refractivity contribution in [3.05, 3.63) is 72.3 Å². The molecule has 1 saturated heterocycles. The van der Waals surface area contributed by atoms with Gasteiger partial charge in [-0.1, -0.05) is 6.07 Å². The van der Waals surface area contributed by atoms with Gasteiger partial charge >= 0.3 is 0 Å². The molecule has 1 atom stereocenters. The van der Waals surface area contributed by atoms with Crippen molar-refractivity contribution in [2.24, 2.45) is 0 Å². The van der Waals surface area contributed by atoms with Crippen LogP contribution in [0.25, 0.3) is 0 Å². The Morgan fingerprint density at radius 1 is 1.19 bits per heavy atom. The number of piperidine rings is 1. The molecule has 0 saturated carbocycles. The normalized spacial score (nSPS) is 17.2. The number of rotatable bonds is 4. The molecule has 1 fully saturated rings. The van der Waals surface area contributed by atoms with Gasteiger partial charge in [0, 0.05) is 50.0 Å². The number of likely N-dealkylation sites (tertiary alicyclic amines) is 1. The molecule has 1 amide bonds. The van der Waals surface area contributed by atoms with E-state index in [9.17, 15) is 4.79 Å². The highest BCUT2D eigenvalue weighted by Gasteiger charge is 2.28. The smallest absolute Gasteiger partial charge is 0.274 e. The Morgan fingerprint density at radius 2 is 2.12 bits per heavy atom. The average molecular weight is 348 g/mol. The summed E-state index contributed by atoms with van der Waals surface area (Å²) in [6.45, 7) is 2.13. The van der Waals surface area contributed by atoms with E-state index in [2.05, 4.69) is 30.8 Å². The van der Waals surface area contributed by atoms with Crippen LogP contribution in [-0.4, -0.2) is 48.6 Å². The maximum absolute atomic E-state index is 12.7. The van der Waals surface area contributed by atoms with Crippen LogP contribution in [0.15, 0.2) is 55.2 Å². The topological polar surface area (TPSA) is 76.8 Å². The zero-order chi connectivity index (χ0) is 17.8. The monoisotopic (exact) mass is 348 g/mol. The summed E-state index contributed by atoms with van der Waals surface area (Å²) in [4.78, 5) is 23.3. The standard InChI is InChI=1S/C19H20N6O/c26-19(17-6-2-8-22-23-17)25-10-3-5-16(14-25)18-21-9-11-24(18)13-15-4-1-7-20-12-15/h1-2,4,6-9,11-12,16H,3,5,10,13-14H2/t16-/m1/s1. The lowest BCUT2D eigenvalue weighted by molar-refractivity contribution is 0.0696. The molecule has 1 aliphatic rings. The second-order valence-electron chi connectivity index (χ2n) is 6.47. The Balaban J connectivity index is 1.50. The van der Waals surface area contributed by atoms with Crippen molar-refractivity contribution in [1.82, 2.24) is 29.6 Å². The van der Waals surface area contributed by atoms with Crippen LogP contribution in [0.4, 0.5) is 0 Å². The molecule has 1 aliphatic heterocycles. The molecule has 0 spiro atoms. The van der Waals surface area contributed by atoms with Crippen LogP contribution in [-0.2, 0) is 6.54 Å². The zero-order valence-electron chi connectivity index (χ0n) is 14.4. The Labute approximate surface area is 151 Å². The van der Waals surface area contributed by atoms with Gasteiger partial charge in [-0.25, -0.2) is 4.98 Å². The van der Waals surface area contributed by atoms with Crippen molar-refractivity contribution >= 4 is 5.91 Å². The summed E-state index contributed by atoms with van der Waals surface area (Å²) in [5.74, 6) is 1.18. The van der Waals surface area contributed by atoms with Crippen LogP contribution < -0.4 is 0 Å². The van der Waals surface area contributed by atoms with Gasteiger partial charge in [0.1, 0.15) is 5.82 Å². The first-order valence-corrected chi connectivity index (χ1v) is 8.78. The van der Waals surface area contributed by atoms with E-state index < -0.39 is 0 Å². The van der Waals surface area contributed by atoms with Gasteiger partial charge in [-0.15, -0.1) is 5.10 Å². The Bertz CT molecular complexity index is 864.